The molecule has 0 saturated heterocycles. The summed E-state index contributed by atoms with van der Waals surface area (Å²) in [6, 6.07) is 16.9. The van der Waals surface area contributed by atoms with Gasteiger partial charge in [-0.15, -0.1) is 0 Å². The Balaban J connectivity index is 0.00000675. The maximum absolute atomic E-state index is 12.8. The third-order valence-electron chi connectivity index (χ3n) is 13.6. The number of ether oxygens (including phenoxy) is 6. The van der Waals surface area contributed by atoms with Crippen molar-refractivity contribution in [2.45, 2.75) is 75.5 Å². The first-order chi connectivity index (χ1) is 39.0. The zero-order chi connectivity index (χ0) is 62.1. The Labute approximate surface area is 658 Å². The van der Waals surface area contributed by atoms with E-state index in [1.54, 1.807) is 0 Å². The molecule has 6 N–H and O–H groups in total. The van der Waals surface area contributed by atoms with Gasteiger partial charge in [0.25, 0.3) is 0 Å². The first-order valence-corrected chi connectivity index (χ1v) is 35.8. The fourth-order valence-corrected chi connectivity index (χ4v) is 15.1. The van der Waals surface area contributed by atoms with Crippen molar-refractivity contribution in [1.29, 1.82) is 0 Å². The van der Waals surface area contributed by atoms with Crippen LogP contribution in [-0.2, 0) is 75.5 Å². The molecule has 90 heavy (non-hydrogen) atoms. The van der Waals surface area contributed by atoms with Crippen LogP contribution >= 0.6 is 47.7 Å². The van der Waals surface area contributed by atoms with Gasteiger partial charge in [-0.05, 0) is 173 Å². The quantitative estimate of drug-likeness (QED) is 0.0343. The van der Waals surface area contributed by atoms with Crippen LogP contribution in [0.1, 0.15) is 100 Å². The summed E-state index contributed by atoms with van der Waals surface area (Å²) in [7, 11) is -22.8. The van der Waals surface area contributed by atoms with E-state index in [0.717, 1.165) is 0 Å². The van der Waals surface area contributed by atoms with Gasteiger partial charge in [0.05, 0.1) is 61.1 Å². The Hall–Kier alpha value is 1.98. The summed E-state index contributed by atoms with van der Waals surface area (Å²) in [5.41, 5.74) is 2.68. The van der Waals surface area contributed by atoms with E-state index in [9.17, 15) is 88.1 Å². The molecule has 6 aromatic rings. The van der Waals surface area contributed by atoms with Crippen molar-refractivity contribution in [2.24, 2.45) is 0 Å². The second-order valence-corrected chi connectivity index (χ2v) is 30.1. The minimum atomic E-state index is -5.35. The zero-order valence-corrected chi connectivity index (χ0v) is 69.5. The molecule has 0 fully saturated rings. The van der Waals surface area contributed by atoms with E-state index in [1.165, 1.54) is 115 Å². The molecular weight excluding hydrogens is 1360 g/mol. The third-order valence-corrected chi connectivity index (χ3v) is 18.2. The molecule has 0 saturated carbocycles. The number of fused-ring (bicyclic) bond motifs is 12. The monoisotopic (exact) mass is 1420 g/mol. The van der Waals surface area contributed by atoms with E-state index in [1.807, 2.05) is 0 Å². The van der Waals surface area contributed by atoms with Crippen molar-refractivity contribution < 1.29 is 294 Å². The van der Waals surface area contributed by atoms with Crippen LogP contribution < -0.4 is 264 Å². The number of benzene rings is 6. The summed E-state index contributed by atoms with van der Waals surface area (Å²) in [5, 5.41) is 0. The molecule has 24 nitrogen and oxygen atoms in total. The van der Waals surface area contributed by atoms with Gasteiger partial charge >= 0.3 is 177 Å². The molecule has 456 valence electrons. The summed E-state index contributed by atoms with van der Waals surface area (Å²) in [5.74, 6) is 0.568. The normalized spacial score (nSPS) is 12.8. The van der Waals surface area contributed by atoms with Gasteiger partial charge in [0.1, 0.15) is 53.0 Å². The number of hydrogen-bond acceptors (Lipinski definition) is 24. The first-order valence-electron chi connectivity index (χ1n) is 25.3. The first kappa shape index (κ1) is 90.0. The minimum absolute atomic E-state index is 0. The van der Waals surface area contributed by atoms with Crippen LogP contribution in [0, 0.1) is 0 Å². The van der Waals surface area contributed by atoms with Crippen molar-refractivity contribution in [3.8, 4) is 34.5 Å². The van der Waals surface area contributed by atoms with Gasteiger partial charge in [0, 0.05) is 38.5 Å². The molecular formula is C54H60Na6O24P6. The van der Waals surface area contributed by atoms with E-state index in [0.29, 0.717) is 0 Å². The molecule has 0 radical (unpaired) electrons. The molecule has 12 bridgehead atoms. The van der Waals surface area contributed by atoms with Crippen LogP contribution in [0.25, 0.3) is 0 Å². The molecule has 0 atom stereocenters. The maximum atomic E-state index is 12.8. The van der Waals surface area contributed by atoms with Gasteiger partial charge < -0.3 is 87.1 Å². The summed E-state index contributed by atoms with van der Waals surface area (Å²) in [6.07, 6.45) is -7.09. The molecule has 0 aliphatic heterocycles. The number of methoxy groups -OCH3 is 6. The number of hydrogen-bond donors (Lipinski definition) is 6. The largest absolute Gasteiger partial charge is 1.00 e. The minimum Gasteiger partial charge on any atom is -0.687 e. The van der Waals surface area contributed by atoms with Crippen molar-refractivity contribution in [3.63, 3.8) is 0 Å². The second kappa shape index (κ2) is 37.6. The van der Waals surface area contributed by atoms with Crippen LogP contribution in [0.4, 0.5) is 0 Å². The summed E-state index contributed by atoms with van der Waals surface area (Å²) < 4.78 is 36.3. The number of rotatable bonds is 18. The Morgan fingerprint density at radius 3 is 0.444 bits per heavy atom. The molecule has 0 spiro atoms. The molecule has 0 amide bonds. The molecule has 6 aromatic carbocycles. The van der Waals surface area contributed by atoms with Crippen molar-refractivity contribution in [2.75, 3.05) is 42.7 Å². The van der Waals surface area contributed by atoms with Gasteiger partial charge in [-0.3, -0.25) is 0 Å². The smallest absolute Gasteiger partial charge is 0.687 e. The van der Waals surface area contributed by atoms with Crippen molar-refractivity contribution in [1.82, 2.24) is 0 Å². The summed E-state index contributed by atoms with van der Waals surface area (Å²) in [4.78, 5) is 213. The van der Waals surface area contributed by atoms with Crippen LogP contribution in [0.15, 0.2) is 72.8 Å². The molecule has 36 heteroatoms. The van der Waals surface area contributed by atoms with Crippen LogP contribution in [0.5, 0.6) is 34.5 Å². The van der Waals surface area contributed by atoms with E-state index in [4.69, 9.17) is 28.4 Å². The Bertz CT molecular complexity index is 2680. The predicted molar refractivity (Wildman–Crippen MR) is 292 cm³/mol. The van der Waals surface area contributed by atoms with E-state index >= 15 is 0 Å². The van der Waals surface area contributed by atoms with Gasteiger partial charge in [-0.25, -0.2) is 29.4 Å². The van der Waals surface area contributed by atoms with E-state index in [-0.39, 0.29) is 351 Å². The maximum Gasteiger partial charge on any atom is 1.00 e. The SMILES string of the molecule is COc1c2cc(C[P+]([O-])([O-])[O-])cc1Cc1cc(C[P+]([O-])([O-])[O-])cc(c1OC)Cc1cc(C[P+]([O-])(O)O)cc(c1OC)Cc1cc(C[P+]([O-])(O)O)cc(c1OC)Cc1cc(C[P+]([O-])(O)O)cc(c1OC)Cc1cc(C[P+]([O-])([O-])[O-])cc(c1OC)C2.[Na+].[Na+].[Na+].[Na+].[Na+].[Na+]. The topological polar surface area (TPSA) is 453 Å². The summed E-state index contributed by atoms with van der Waals surface area (Å²) in [6.45, 7) is 0. The molecule has 1 aliphatic carbocycles. The Kier molecular flexibility index (Phi) is 37.6. The molecule has 0 unspecified atom stereocenters. The van der Waals surface area contributed by atoms with Gasteiger partial charge in [-0.2, -0.15) is 23.8 Å². The fourth-order valence-electron chi connectivity index (χ4n) is 11.3. The van der Waals surface area contributed by atoms with E-state index < -0.39 is 84.6 Å². The second-order valence-electron chi connectivity index (χ2n) is 20.5. The van der Waals surface area contributed by atoms with Gasteiger partial charge in [-0.1, -0.05) is 0 Å². The standard InChI is InChI=1S/C54H66O24P6.6Na/c1-73-49-37-7-31(25-79(55,56)57)8-38(49)20-40-10-33(27-81(61,62)63)12-42(51(40)75-3)22-44-14-35(29-83(67,68)69)16-46(53(44)77-5)24-48-18-36(30-84(70,71)72)17-47(54(48)78-6)23-45-15-34(28-82(64,65)66)13-43(52(45)76-4)21-41-11-32(26-80(58,59)60)9-39(19-37)50(41)74-2;;;;;;/h7-18H,19-30H2,1-6H3,(H2,55,56,57)(H2,58,59,60)(H2,61,62,63)(H2,64,65,66)(H2,67,68,69)(H2,70,71,72);;;;;;/q;6*+1/p-6. The Morgan fingerprint density at radius 1 is 0.244 bits per heavy atom. The molecule has 7 rings (SSSR count). The Morgan fingerprint density at radius 2 is 0.356 bits per heavy atom. The average molecular weight is 1420 g/mol. The van der Waals surface area contributed by atoms with Gasteiger partial charge in [0.15, 0.2) is 0 Å². The molecule has 1 aliphatic rings. The predicted octanol–water partition coefficient (Wildman–Crippen LogP) is -20.5. The zero-order valence-electron chi connectivity index (χ0n) is 52.1. The van der Waals surface area contributed by atoms with Crippen LogP contribution in [-0.4, -0.2) is 72.0 Å². The average Bonchev–Trinajstić information content (AvgIpc) is 1.14. The molecule has 0 aromatic heterocycles. The van der Waals surface area contributed by atoms with Crippen molar-refractivity contribution in [3.05, 3.63) is 173 Å². The van der Waals surface area contributed by atoms with E-state index in [2.05, 4.69) is 0 Å². The third kappa shape index (κ3) is 26.5. The summed E-state index contributed by atoms with van der Waals surface area (Å²) >= 11 is 0. The van der Waals surface area contributed by atoms with Gasteiger partial charge in [0.2, 0.25) is 23.8 Å². The van der Waals surface area contributed by atoms with Crippen LogP contribution in [0.2, 0.25) is 0 Å². The fraction of sp³-hybridized carbons (Fsp3) is 0.333. The van der Waals surface area contributed by atoms with Crippen LogP contribution in [0.3, 0.4) is 0 Å². The molecule has 0 heterocycles. The van der Waals surface area contributed by atoms with Crippen molar-refractivity contribution >= 4 is 47.7 Å².